The second-order valence-corrected chi connectivity index (χ2v) is 2.95. The lowest BCUT2D eigenvalue weighted by molar-refractivity contribution is -0.0870. The summed E-state index contributed by atoms with van der Waals surface area (Å²) in [6.45, 7) is 1.57. The Hall–Kier alpha value is -0.220. The quantitative estimate of drug-likeness (QED) is 0.550. The fourth-order valence-electron chi connectivity index (χ4n) is 1.33. The van der Waals surface area contributed by atoms with Gasteiger partial charge in [0.2, 0.25) is 0 Å². The molecule has 0 aromatic rings. The number of rotatable bonds is 0. The molecule has 0 aromatic heterocycles. The number of hydrogen-bond acceptors (Lipinski definition) is 2. The Bertz CT molecular complexity index is 115. The van der Waals surface area contributed by atoms with E-state index in [1.165, 1.54) is 5.01 Å². The first-order valence-electron chi connectivity index (χ1n) is 3.35. The average Bonchev–Trinajstić information content (AvgIpc) is 1.54. The van der Waals surface area contributed by atoms with Crippen LogP contribution in [0, 0.1) is 0 Å². The van der Waals surface area contributed by atoms with Gasteiger partial charge in [0.15, 0.2) is 0 Å². The maximum atomic E-state index is 12.6. The maximum Gasteiger partial charge on any atom is 0.263 e. The maximum absolute atomic E-state index is 12.6. The Morgan fingerprint density at radius 2 is 2.20 bits per heavy atom. The van der Waals surface area contributed by atoms with Gasteiger partial charge in [-0.15, -0.1) is 0 Å². The van der Waals surface area contributed by atoms with E-state index in [-0.39, 0.29) is 19.0 Å². The van der Waals surface area contributed by atoms with E-state index in [2.05, 4.69) is 5.43 Å². The molecule has 1 rings (SSSR count). The number of halogens is 2. The number of hydrazine groups is 1. The summed E-state index contributed by atoms with van der Waals surface area (Å²) in [5.41, 5.74) is 2.89. The molecule has 0 aliphatic carbocycles. The van der Waals surface area contributed by atoms with Crippen molar-refractivity contribution in [3.8, 4) is 0 Å². The van der Waals surface area contributed by atoms with Gasteiger partial charge >= 0.3 is 0 Å². The highest BCUT2D eigenvalue weighted by Gasteiger charge is 2.36. The van der Waals surface area contributed by atoms with E-state index in [0.717, 1.165) is 0 Å². The van der Waals surface area contributed by atoms with Crippen LogP contribution in [0.4, 0.5) is 8.78 Å². The SMILES string of the molecule is C[C@@H]1CC(F)(F)CN(C)N1. The van der Waals surface area contributed by atoms with E-state index >= 15 is 0 Å². The highest BCUT2D eigenvalue weighted by molar-refractivity contribution is 4.79. The molecule has 0 amide bonds. The minimum atomic E-state index is -2.51. The van der Waals surface area contributed by atoms with Crippen molar-refractivity contribution in [1.82, 2.24) is 10.4 Å². The van der Waals surface area contributed by atoms with Gasteiger partial charge < -0.3 is 0 Å². The highest BCUT2D eigenvalue weighted by atomic mass is 19.3. The number of nitrogens with zero attached hydrogens (tertiary/aromatic N) is 1. The summed E-state index contributed by atoms with van der Waals surface area (Å²) < 4.78 is 25.2. The van der Waals surface area contributed by atoms with E-state index in [9.17, 15) is 8.78 Å². The Morgan fingerprint density at radius 3 is 2.60 bits per heavy atom. The minimum absolute atomic E-state index is 0.0582. The summed E-state index contributed by atoms with van der Waals surface area (Å²) >= 11 is 0. The van der Waals surface area contributed by atoms with Crippen LogP contribution < -0.4 is 5.43 Å². The number of alkyl halides is 2. The summed E-state index contributed by atoms with van der Waals surface area (Å²) in [4.78, 5) is 0. The molecular formula is C6H12F2N2. The summed E-state index contributed by atoms with van der Waals surface area (Å²) in [5.74, 6) is -2.51. The largest absolute Gasteiger partial charge is 0.263 e. The Labute approximate surface area is 59.2 Å². The van der Waals surface area contributed by atoms with E-state index in [4.69, 9.17) is 0 Å². The summed E-state index contributed by atoms with van der Waals surface area (Å²) in [6, 6.07) is -0.117. The van der Waals surface area contributed by atoms with Crippen LogP contribution in [0.3, 0.4) is 0 Å². The van der Waals surface area contributed by atoms with Crippen molar-refractivity contribution >= 4 is 0 Å². The lowest BCUT2D eigenvalue weighted by Crippen LogP contribution is -2.54. The zero-order chi connectivity index (χ0) is 7.78. The van der Waals surface area contributed by atoms with Gasteiger partial charge in [-0.05, 0) is 6.92 Å². The van der Waals surface area contributed by atoms with Crippen LogP contribution in [-0.4, -0.2) is 30.6 Å². The number of nitrogens with one attached hydrogen (secondary N) is 1. The van der Waals surface area contributed by atoms with Crippen molar-refractivity contribution in [2.75, 3.05) is 13.6 Å². The van der Waals surface area contributed by atoms with Crippen molar-refractivity contribution in [1.29, 1.82) is 0 Å². The molecule has 0 saturated carbocycles. The van der Waals surface area contributed by atoms with Gasteiger partial charge in [-0.2, -0.15) is 0 Å². The smallest absolute Gasteiger partial charge is 0.252 e. The highest BCUT2D eigenvalue weighted by Crippen LogP contribution is 2.24. The lowest BCUT2D eigenvalue weighted by atomic mass is 10.1. The normalized spacial score (nSPS) is 34.2. The minimum Gasteiger partial charge on any atom is -0.252 e. The van der Waals surface area contributed by atoms with Crippen molar-refractivity contribution in [3.05, 3.63) is 0 Å². The van der Waals surface area contributed by atoms with Crippen LogP contribution in [0.25, 0.3) is 0 Å². The molecule has 1 N–H and O–H groups in total. The van der Waals surface area contributed by atoms with E-state index in [0.29, 0.717) is 0 Å². The average molecular weight is 150 g/mol. The molecular weight excluding hydrogens is 138 g/mol. The molecule has 0 bridgehead atoms. The molecule has 10 heavy (non-hydrogen) atoms. The third-order valence-corrected chi connectivity index (χ3v) is 1.51. The lowest BCUT2D eigenvalue weighted by Gasteiger charge is -2.34. The molecule has 1 heterocycles. The van der Waals surface area contributed by atoms with Gasteiger partial charge in [-0.25, -0.2) is 13.8 Å². The van der Waals surface area contributed by atoms with Gasteiger partial charge in [-0.1, -0.05) is 0 Å². The molecule has 0 radical (unpaired) electrons. The predicted octanol–water partition coefficient (Wildman–Crippen LogP) is 0.850. The van der Waals surface area contributed by atoms with Crippen molar-refractivity contribution in [2.45, 2.75) is 25.3 Å². The molecule has 1 saturated heterocycles. The third kappa shape index (κ3) is 1.88. The summed E-state index contributed by atoms with van der Waals surface area (Å²) in [7, 11) is 1.63. The van der Waals surface area contributed by atoms with Gasteiger partial charge in [0, 0.05) is 19.5 Å². The Kier molecular flexibility index (Phi) is 1.92. The first-order chi connectivity index (χ1) is 4.49. The second-order valence-electron chi connectivity index (χ2n) is 2.95. The third-order valence-electron chi connectivity index (χ3n) is 1.51. The van der Waals surface area contributed by atoms with Crippen molar-refractivity contribution in [2.24, 2.45) is 0 Å². The molecule has 1 fully saturated rings. The van der Waals surface area contributed by atoms with Crippen molar-refractivity contribution < 1.29 is 8.78 Å². The first-order valence-corrected chi connectivity index (χ1v) is 3.35. The van der Waals surface area contributed by atoms with Gasteiger partial charge in [-0.3, -0.25) is 5.43 Å². The van der Waals surface area contributed by atoms with Crippen molar-refractivity contribution in [3.63, 3.8) is 0 Å². The molecule has 1 aliphatic rings. The second kappa shape index (κ2) is 2.43. The zero-order valence-corrected chi connectivity index (χ0v) is 6.19. The molecule has 0 unspecified atom stereocenters. The van der Waals surface area contributed by atoms with E-state index < -0.39 is 5.92 Å². The molecule has 0 spiro atoms. The van der Waals surface area contributed by atoms with Crippen LogP contribution in [0.2, 0.25) is 0 Å². The van der Waals surface area contributed by atoms with E-state index in [1.54, 1.807) is 14.0 Å². The van der Waals surface area contributed by atoms with Crippen LogP contribution in [0.15, 0.2) is 0 Å². The van der Waals surface area contributed by atoms with Gasteiger partial charge in [0.1, 0.15) is 0 Å². The topological polar surface area (TPSA) is 15.3 Å². The summed E-state index contributed by atoms with van der Waals surface area (Å²) in [6.07, 6.45) is -0.0582. The fraction of sp³-hybridized carbons (Fsp3) is 1.00. The Balaban J connectivity index is 2.51. The predicted molar refractivity (Wildman–Crippen MR) is 34.8 cm³/mol. The zero-order valence-electron chi connectivity index (χ0n) is 6.19. The fourth-order valence-corrected chi connectivity index (χ4v) is 1.33. The molecule has 1 aliphatic heterocycles. The Morgan fingerprint density at radius 1 is 1.60 bits per heavy atom. The molecule has 60 valence electrons. The van der Waals surface area contributed by atoms with Crippen LogP contribution in [-0.2, 0) is 0 Å². The van der Waals surface area contributed by atoms with E-state index in [1.807, 2.05) is 0 Å². The van der Waals surface area contributed by atoms with Crippen LogP contribution in [0.5, 0.6) is 0 Å². The molecule has 0 aromatic carbocycles. The monoisotopic (exact) mass is 150 g/mol. The summed E-state index contributed by atoms with van der Waals surface area (Å²) in [5, 5.41) is 1.44. The van der Waals surface area contributed by atoms with Gasteiger partial charge in [0.05, 0.1) is 6.54 Å². The molecule has 4 heteroatoms. The van der Waals surface area contributed by atoms with Crippen LogP contribution >= 0.6 is 0 Å². The molecule has 2 nitrogen and oxygen atoms in total. The van der Waals surface area contributed by atoms with Crippen LogP contribution in [0.1, 0.15) is 13.3 Å². The van der Waals surface area contributed by atoms with Gasteiger partial charge in [0.25, 0.3) is 5.92 Å². The first kappa shape index (κ1) is 7.88. The number of hydrogen-bond donors (Lipinski definition) is 1. The molecule has 1 atom stereocenters. The standard InChI is InChI=1S/C6H12F2N2/c1-5-3-6(7,8)4-10(2)9-5/h5,9H,3-4H2,1-2H3/t5-/m1/s1.